The number of carbonyl (C=O) groups is 2. The van der Waals surface area contributed by atoms with Crippen LogP contribution in [0, 0.1) is 0 Å². The van der Waals surface area contributed by atoms with E-state index in [1.807, 2.05) is 0 Å². The molecule has 6 heteroatoms. The van der Waals surface area contributed by atoms with Gasteiger partial charge in [-0.1, -0.05) is 12.1 Å². The van der Waals surface area contributed by atoms with Crippen molar-refractivity contribution in [3.05, 3.63) is 35.4 Å². The summed E-state index contributed by atoms with van der Waals surface area (Å²) in [4.78, 5) is 25.9. The summed E-state index contributed by atoms with van der Waals surface area (Å²) in [7, 11) is 0. The normalized spacial score (nSPS) is 32.4. The molecule has 104 valence electrons. The summed E-state index contributed by atoms with van der Waals surface area (Å²) in [6.45, 7) is 1.22. The lowest BCUT2D eigenvalue weighted by Crippen LogP contribution is -2.50. The van der Waals surface area contributed by atoms with Crippen LogP contribution >= 0.6 is 0 Å². The summed E-state index contributed by atoms with van der Waals surface area (Å²) in [5.74, 6) is -0.548. The van der Waals surface area contributed by atoms with Crippen molar-refractivity contribution in [1.82, 2.24) is 4.90 Å². The molecule has 2 amide bonds. The van der Waals surface area contributed by atoms with Crippen LogP contribution < -0.4 is 0 Å². The average molecular weight is 275 g/mol. The first-order chi connectivity index (χ1) is 9.75. The maximum absolute atomic E-state index is 12.3. The van der Waals surface area contributed by atoms with Crippen molar-refractivity contribution in [1.29, 1.82) is 0 Å². The van der Waals surface area contributed by atoms with Crippen molar-refractivity contribution >= 4 is 11.8 Å². The SMILES string of the molecule is O=C1c2ccccc2C(=O)N1C1COC([C@@H]2CO2)OC1. The topological polar surface area (TPSA) is 68.4 Å². The summed E-state index contributed by atoms with van der Waals surface area (Å²) >= 11 is 0. The fraction of sp³-hybridized carbons (Fsp3) is 0.429. The Morgan fingerprint density at radius 2 is 1.45 bits per heavy atom. The van der Waals surface area contributed by atoms with Crippen molar-refractivity contribution in [2.24, 2.45) is 0 Å². The molecule has 2 fully saturated rings. The van der Waals surface area contributed by atoms with E-state index in [0.717, 1.165) is 0 Å². The molecule has 0 saturated carbocycles. The molecule has 6 nitrogen and oxygen atoms in total. The van der Waals surface area contributed by atoms with Gasteiger partial charge in [0.2, 0.25) is 0 Å². The minimum absolute atomic E-state index is 0.00173. The van der Waals surface area contributed by atoms with Crippen molar-refractivity contribution < 1.29 is 23.8 Å². The Morgan fingerprint density at radius 1 is 0.900 bits per heavy atom. The molecule has 0 bridgehead atoms. The van der Waals surface area contributed by atoms with E-state index >= 15 is 0 Å². The molecule has 3 heterocycles. The highest BCUT2D eigenvalue weighted by Gasteiger charge is 2.44. The van der Waals surface area contributed by atoms with Gasteiger partial charge < -0.3 is 14.2 Å². The molecule has 3 aliphatic heterocycles. The lowest BCUT2D eigenvalue weighted by molar-refractivity contribution is -0.205. The van der Waals surface area contributed by atoms with Crippen molar-refractivity contribution in [2.45, 2.75) is 18.4 Å². The molecule has 3 aliphatic rings. The van der Waals surface area contributed by atoms with Crippen LogP contribution in [-0.2, 0) is 14.2 Å². The van der Waals surface area contributed by atoms with Gasteiger partial charge in [-0.15, -0.1) is 0 Å². The first-order valence-corrected chi connectivity index (χ1v) is 6.57. The van der Waals surface area contributed by atoms with E-state index < -0.39 is 0 Å². The lowest BCUT2D eigenvalue weighted by Gasteiger charge is -2.33. The summed E-state index contributed by atoms with van der Waals surface area (Å²) in [6.07, 6.45) is -0.375. The highest BCUT2D eigenvalue weighted by molar-refractivity contribution is 6.21. The average Bonchev–Trinajstić information content (AvgIpc) is 3.29. The van der Waals surface area contributed by atoms with E-state index in [4.69, 9.17) is 14.2 Å². The van der Waals surface area contributed by atoms with Crippen LogP contribution in [0.25, 0.3) is 0 Å². The van der Waals surface area contributed by atoms with E-state index in [0.29, 0.717) is 17.7 Å². The van der Waals surface area contributed by atoms with Crippen LogP contribution in [0.1, 0.15) is 20.7 Å². The Hall–Kier alpha value is -1.76. The molecule has 1 atom stereocenters. The Balaban J connectivity index is 1.53. The zero-order valence-electron chi connectivity index (χ0n) is 10.7. The third-order valence-corrected chi connectivity index (χ3v) is 3.76. The molecule has 0 aromatic heterocycles. The van der Waals surface area contributed by atoms with E-state index in [1.165, 1.54) is 4.90 Å². The van der Waals surface area contributed by atoms with Gasteiger partial charge >= 0.3 is 0 Å². The van der Waals surface area contributed by atoms with Crippen LogP contribution in [0.4, 0.5) is 0 Å². The maximum Gasteiger partial charge on any atom is 0.261 e. The van der Waals surface area contributed by atoms with Crippen LogP contribution in [0.5, 0.6) is 0 Å². The first-order valence-electron chi connectivity index (χ1n) is 6.57. The van der Waals surface area contributed by atoms with Gasteiger partial charge in [-0.25, -0.2) is 0 Å². The highest BCUT2D eigenvalue weighted by atomic mass is 16.7. The predicted octanol–water partition coefficient (Wildman–Crippen LogP) is 0.423. The Labute approximate surface area is 115 Å². The number of rotatable bonds is 2. The maximum atomic E-state index is 12.3. The van der Waals surface area contributed by atoms with Gasteiger partial charge in [0.25, 0.3) is 11.8 Å². The second-order valence-electron chi connectivity index (χ2n) is 5.09. The van der Waals surface area contributed by atoms with Crippen LogP contribution in [-0.4, -0.2) is 55.0 Å². The van der Waals surface area contributed by atoms with Gasteiger partial charge in [0.1, 0.15) is 6.10 Å². The number of amides is 2. The van der Waals surface area contributed by atoms with E-state index in [9.17, 15) is 9.59 Å². The molecule has 1 aromatic rings. The van der Waals surface area contributed by atoms with E-state index in [-0.39, 0.29) is 43.5 Å². The Bertz CT molecular complexity index is 540. The quantitative estimate of drug-likeness (QED) is 0.578. The van der Waals surface area contributed by atoms with Gasteiger partial charge in [0.15, 0.2) is 6.29 Å². The third kappa shape index (κ3) is 1.76. The second-order valence-corrected chi connectivity index (χ2v) is 5.09. The second kappa shape index (κ2) is 4.37. The Morgan fingerprint density at radius 3 is 1.95 bits per heavy atom. The lowest BCUT2D eigenvalue weighted by atomic mass is 10.1. The number of fused-ring (bicyclic) bond motifs is 1. The number of nitrogens with zero attached hydrogens (tertiary/aromatic N) is 1. The molecular weight excluding hydrogens is 262 g/mol. The van der Waals surface area contributed by atoms with Gasteiger partial charge in [-0.2, -0.15) is 0 Å². The van der Waals surface area contributed by atoms with Crippen molar-refractivity contribution in [3.63, 3.8) is 0 Å². The molecule has 0 spiro atoms. The fourth-order valence-electron chi connectivity index (χ4n) is 2.62. The molecule has 0 N–H and O–H groups in total. The largest absolute Gasteiger partial charge is 0.368 e. The summed E-state index contributed by atoms with van der Waals surface area (Å²) < 4.78 is 16.2. The minimum atomic E-state index is -0.377. The number of carbonyl (C=O) groups excluding carboxylic acids is 2. The van der Waals surface area contributed by atoms with Gasteiger partial charge in [0, 0.05) is 0 Å². The standard InChI is InChI=1S/C14H13NO5/c16-12-9-3-1-2-4-10(9)13(17)15(12)8-5-19-14(20-6-8)11-7-18-11/h1-4,8,11,14H,5-7H2/t8?,11-,14?/m0/s1. The van der Waals surface area contributed by atoms with Gasteiger partial charge in [-0.3, -0.25) is 14.5 Å². The van der Waals surface area contributed by atoms with Crippen LogP contribution in [0.3, 0.4) is 0 Å². The van der Waals surface area contributed by atoms with Crippen LogP contribution in [0.15, 0.2) is 24.3 Å². The van der Waals surface area contributed by atoms with Gasteiger partial charge in [-0.05, 0) is 12.1 Å². The molecule has 0 radical (unpaired) electrons. The first kappa shape index (κ1) is 12.0. The molecular formula is C14H13NO5. The Kier molecular flexibility index (Phi) is 2.63. The van der Waals surface area contributed by atoms with Crippen molar-refractivity contribution in [2.75, 3.05) is 19.8 Å². The van der Waals surface area contributed by atoms with E-state index in [2.05, 4.69) is 0 Å². The third-order valence-electron chi connectivity index (χ3n) is 3.76. The van der Waals surface area contributed by atoms with Crippen molar-refractivity contribution in [3.8, 4) is 0 Å². The zero-order valence-corrected chi connectivity index (χ0v) is 10.7. The molecule has 0 unspecified atom stereocenters. The van der Waals surface area contributed by atoms with Gasteiger partial charge in [0.05, 0.1) is 37.0 Å². The molecule has 2 saturated heterocycles. The number of epoxide rings is 1. The van der Waals surface area contributed by atoms with E-state index in [1.54, 1.807) is 24.3 Å². The summed E-state index contributed by atoms with van der Waals surface area (Å²) in [5, 5.41) is 0. The number of ether oxygens (including phenoxy) is 3. The molecule has 20 heavy (non-hydrogen) atoms. The number of hydrogen-bond acceptors (Lipinski definition) is 5. The fourth-order valence-corrected chi connectivity index (χ4v) is 2.62. The smallest absolute Gasteiger partial charge is 0.261 e. The summed E-state index contributed by atoms with van der Waals surface area (Å²) in [6, 6.07) is 6.46. The monoisotopic (exact) mass is 275 g/mol. The highest BCUT2D eigenvalue weighted by Crippen LogP contribution is 2.28. The number of imide groups is 1. The molecule has 4 rings (SSSR count). The number of hydrogen-bond donors (Lipinski definition) is 0. The minimum Gasteiger partial charge on any atom is -0.368 e. The predicted molar refractivity (Wildman–Crippen MR) is 66.2 cm³/mol. The number of benzene rings is 1. The zero-order chi connectivity index (χ0) is 13.7. The summed E-state index contributed by atoms with van der Waals surface area (Å²) in [5.41, 5.74) is 0.898. The molecule has 1 aromatic carbocycles. The van der Waals surface area contributed by atoms with Crippen LogP contribution in [0.2, 0.25) is 0 Å². The molecule has 0 aliphatic carbocycles.